The monoisotopic (exact) mass is 324 g/mol. The van der Waals surface area contributed by atoms with E-state index in [9.17, 15) is 8.42 Å². The first-order valence-electron chi connectivity index (χ1n) is 7.12. The third kappa shape index (κ3) is 2.55. The molecule has 1 saturated carbocycles. The van der Waals surface area contributed by atoms with Crippen molar-refractivity contribution in [1.29, 1.82) is 0 Å². The molecule has 1 aliphatic carbocycles. The first-order chi connectivity index (χ1) is 9.69. The topological polar surface area (TPSA) is 54.9 Å². The minimum absolute atomic E-state index is 0.317. The van der Waals surface area contributed by atoms with Crippen LogP contribution in [-0.2, 0) is 9.84 Å². The van der Waals surface area contributed by atoms with E-state index in [0.717, 1.165) is 24.8 Å². The molecule has 1 aromatic heterocycles. The highest BCUT2D eigenvalue weighted by Gasteiger charge is 2.33. The number of nitrogens with zero attached hydrogens (tertiary/aromatic N) is 1. The van der Waals surface area contributed by atoms with Gasteiger partial charge in [-0.1, -0.05) is 19.9 Å². The second-order valence-corrected chi connectivity index (χ2v) is 9.15. The zero-order valence-electron chi connectivity index (χ0n) is 12.5. The summed E-state index contributed by atoms with van der Waals surface area (Å²) < 4.78 is 26.6. The summed E-state index contributed by atoms with van der Waals surface area (Å²) in [6, 6.07) is 5.71. The van der Waals surface area contributed by atoms with Gasteiger partial charge >= 0.3 is 0 Å². The molecule has 1 fully saturated rings. The van der Waals surface area contributed by atoms with Crippen molar-refractivity contribution in [3.8, 4) is 0 Å². The van der Waals surface area contributed by atoms with Gasteiger partial charge in [0, 0.05) is 12.3 Å². The van der Waals surface area contributed by atoms with Crippen LogP contribution in [0.25, 0.3) is 11.0 Å². The fourth-order valence-corrected chi connectivity index (χ4v) is 4.62. The largest absolute Gasteiger partial charge is 0.329 e. The van der Waals surface area contributed by atoms with Crippen LogP contribution in [0.2, 0.25) is 0 Å². The van der Waals surface area contributed by atoms with Crippen molar-refractivity contribution in [3.05, 3.63) is 23.0 Å². The van der Waals surface area contributed by atoms with E-state index in [4.69, 9.17) is 12.2 Å². The minimum Gasteiger partial charge on any atom is -0.329 e. The highest BCUT2D eigenvalue weighted by Crippen LogP contribution is 2.44. The third-order valence-electron chi connectivity index (χ3n) is 4.42. The zero-order chi connectivity index (χ0) is 15.4. The number of imidazole rings is 1. The molecule has 1 atom stereocenters. The van der Waals surface area contributed by atoms with Gasteiger partial charge in [-0.2, -0.15) is 0 Å². The number of aromatic amines is 1. The van der Waals surface area contributed by atoms with Gasteiger partial charge in [0.2, 0.25) is 0 Å². The fraction of sp³-hybridized carbons (Fsp3) is 0.533. The van der Waals surface area contributed by atoms with Crippen LogP contribution in [0, 0.1) is 10.2 Å². The van der Waals surface area contributed by atoms with Crippen LogP contribution in [0.3, 0.4) is 0 Å². The van der Waals surface area contributed by atoms with E-state index in [1.54, 1.807) is 12.1 Å². The van der Waals surface area contributed by atoms with Gasteiger partial charge in [0.15, 0.2) is 14.6 Å². The Hall–Kier alpha value is -1.14. The molecule has 1 unspecified atom stereocenters. The van der Waals surface area contributed by atoms with Crippen molar-refractivity contribution in [3.63, 3.8) is 0 Å². The summed E-state index contributed by atoms with van der Waals surface area (Å²) in [6.07, 6.45) is 4.54. The summed E-state index contributed by atoms with van der Waals surface area (Å²) in [6.45, 7) is 4.54. The molecule has 0 radical (unpaired) electrons. The van der Waals surface area contributed by atoms with Gasteiger partial charge in [0.05, 0.1) is 15.9 Å². The average molecular weight is 324 g/mol. The van der Waals surface area contributed by atoms with E-state index >= 15 is 0 Å². The molecule has 0 saturated heterocycles. The van der Waals surface area contributed by atoms with Crippen LogP contribution in [0.4, 0.5) is 0 Å². The SMILES string of the molecule is CC1(C)CCC(n2c(=S)[nH]c3c(S(C)(=O)=O)cccc32)C1. The van der Waals surface area contributed by atoms with Crippen LogP contribution in [0.15, 0.2) is 23.1 Å². The molecule has 1 aliphatic rings. The number of aromatic nitrogens is 2. The van der Waals surface area contributed by atoms with Gasteiger partial charge in [0.25, 0.3) is 0 Å². The van der Waals surface area contributed by atoms with Crippen molar-refractivity contribution in [2.45, 2.75) is 44.0 Å². The van der Waals surface area contributed by atoms with Gasteiger partial charge in [0.1, 0.15) is 0 Å². The van der Waals surface area contributed by atoms with E-state index in [1.807, 2.05) is 6.07 Å². The van der Waals surface area contributed by atoms with Crippen LogP contribution < -0.4 is 0 Å². The van der Waals surface area contributed by atoms with Crippen LogP contribution in [0.5, 0.6) is 0 Å². The number of para-hydroxylation sites is 1. The lowest BCUT2D eigenvalue weighted by molar-refractivity contribution is 0.360. The number of nitrogens with one attached hydrogen (secondary N) is 1. The number of H-pyrrole nitrogens is 1. The van der Waals surface area contributed by atoms with E-state index in [2.05, 4.69) is 23.4 Å². The number of fused-ring (bicyclic) bond motifs is 1. The maximum Gasteiger partial charge on any atom is 0.178 e. The molecular formula is C15H20N2O2S2. The van der Waals surface area contributed by atoms with Crippen LogP contribution in [-0.4, -0.2) is 24.2 Å². The van der Waals surface area contributed by atoms with Crippen LogP contribution >= 0.6 is 12.2 Å². The fourth-order valence-electron chi connectivity index (χ4n) is 3.41. The molecule has 0 bridgehead atoms. The van der Waals surface area contributed by atoms with Gasteiger partial charge in [-0.25, -0.2) is 8.42 Å². The van der Waals surface area contributed by atoms with Crippen molar-refractivity contribution in [2.24, 2.45) is 5.41 Å². The molecule has 0 spiro atoms. The minimum atomic E-state index is -3.27. The Morgan fingerprint density at radius 1 is 1.38 bits per heavy atom. The molecule has 1 aromatic carbocycles. The zero-order valence-corrected chi connectivity index (χ0v) is 14.1. The smallest absolute Gasteiger partial charge is 0.178 e. The molecule has 6 heteroatoms. The molecule has 114 valence electrons. The molecule has 1 N–H and O–H groups in total. The Balaban J connectivity index is 2.22. The van der Waals surface area contributed by atoms with Gasteiger partial charge < -0.3 is 9.55 Å². The number of benzene rings is 1. The Bertz CT molecular complexity index is 859. The molecular weight excluding hydrogens is 304 g/mol. The van der Waals surface area contributed by atoms with Crippen molar-refractivity contribution in [1.82, 2.24) is 9.55 Å². The maximum absolute atomic E-state index is 11.9. The van der Waals surface area contributed by atoms with E-state index in [0.29, 0.717) is 26.6 Å². The van der Waals surface area contributed by atoms with E-state index in [-0.39, 0.29) is 0 Å². The first-order valence-corrected chi connectivity index (χ1v) is 9.42. The number of hydrogen-bond donors (Lipinski definition) is 1. The summed E-state index contributed by atoms with van der Waals surface area (Å²) in [7, 11) is -3.27. The number of hydrogen-bond acceptors (Lipinski definition) is 3. The molecule has 0 amide bonds. The summed E-state index contributed by atoms with van der Waals surface area (Å²) in [5, 5.41) is 0. The Kier molecular flexibility index (Phi) is 3.29. The van der Waals surface area contributed by atoms with Crippen LogP contribution in [0.1, 0.15) is 39.2 Å². The summed E-state index contributed by atoms with van der Waals surface area (Å²) in [5.41, 5.74) is 1.85. The predicted molar refractivity (Wildman–Crippen MR) is 86.9 cm³/mol. The normalized spacial score (nSPS) is 22.0. The van der Waals surface area contributed by atoms with E-state index in [1.165, 1.54) is 6.26 Å². The highest BCUT2D eigenvalue weighted by molar-refractivity contribution is 7.91. The molecule has 0 aliphatic heterocycles. The lowest BCUT2D eigenvalue weighted by Gasteiger charge is -2.18. The maximum atomic E-state index is 11.9. The second-order valence-electron chi connectivity index (χ2n) is 6.78. The van der Waals surface area contributed by atoms with Crippen molar-refractivity contribution >= 4 is 33.1 Å². The Morgan fingerprint density at radius 3 is 2.67 bits per heavy atom. The second kappa shape index (κ2) is 4.68. The van der Waals surface area contributed by atoms with Crippen molar-refractivity contribution in [2.75, 3.05) is 6.26 Å². The Labute approximate surface area is 130 Å². The highest BCUT2D eigenvalue weighted by atomic mass is 32.2. The summed E-state index contributed by atoms with van der Waals surface area (Å²) >= 11 is 5.46. The summed E-state index contributed by atoms with van der Waals surface area (Å²) in [4.78, 5) is 3.43. The quantitative estimate of drug-likeness (QED) is 0.854. The molecule has 3 rings (SSSR count). The third-order valence-corrected chi connectivity index (χ3v) is 5.86. The van der Waals surface area contributed by atoms with Gasteiger partial charge in [-0.05, 0) is 49.0 Å². The van der Waals surface area contributed by atoms with Gasteiger partial charge in [-0.15, -0.1) is 0 Å². The summed E-state index contributed by atoms with van der Waals surface area (Å²) in [5.74, 6) is 0. The predicted octanol–water partition coefficient (Wildman–Crippen LogP) is 3.85. The average Bonchev–Trinajstić information content (AvgIpc) is 2.86. The van der Waals surface area contributed by atoms with Crippen molar-refractivity contribution < 1.29 is 8.42 Å². The number of sulfone groups is 1. The lowest BCUT2D eigenvalue weighted by atomic mass is 9.92. The lowest BCUT2D eigenvalue weighted by Crippen LogP contribution is -2.09. The van der Waals surface area contributed by atoms with Gasteiger partial charge in [-0.3, -0.25) is 0 Å². The molecule has 1 heterocycles. The standard InChI is InChI=1S/C15H20N2O2S2/c1-15(2)8-7-10(9-15)17-11-5-4-6-12(21(3,18)19)13(11)16-14(17)20/h4-6,10H,7-9H2,1-3H3,(H,16,20). The van der Waals surface area contributed by atoms with E-state index < -0.39 is 9.84 Å². The molecule has 21 heavy (non-hydrogen) atoms. The first kappa shape index (κ1) is 14.8. The molecule has 2 aromatic rings. The number of rotatable bonds is 2. The molecule has 4 nitrogen and oxygen atoms in total. The Morgan fingerprint density at radius 2 is 2.10 bits per heavy atom.